The van der Waals surface area contributed by atoms with E-state index >= 15 is 0 Å². The van der Waals surface area contributed by atoms with E-state index in [1.807, 2.05) is 13.0 Å². The second-order valence-electron chi connectivity index (χ2n) is 9.29. The highest BCUT2D eigenvalue weighted by atomic mass is 16.5. The SMILES string of the molecule is CCC(=O)c1cc(OC2CC3(CCN(CC4CCNCC4)CC3)C2)ccc1C=O. The average molecular weight is 399 g/mol. The molecule has 0 atom stereocenters. The number of rotatable bonds is 7. The molecule has 0 amide bonds. The van der Waals surface area contributed by atoms with Crippen LogP contribution in [0.2, 0.25) is 0 Å². The number of nitrogens with one attached hydrogen (secondary N) is 1. The Labute approximate surface area is 174 Å². The van der Waals surface area contributed by atoms with Crippen LogP contribution in [0.15, 0.2) is 18.2 Å². The summed E-state index contributed by atoms with van der Waals surface area (Å²) < 4.78 is 6.17. The van der Waals surface area contributed by atoms with Gasteiger partial charge in [-0.1, -0.05) is 6.92 Å². The first-order valence-electron chi connectivity index (χ1n) is 11.3. The molecule has 1 saturated carbocycles. The first-order chi connectivity index (χ1) is 14.1. The van der Waals surface area contributed by atoms with E-state index in [4.69, 9.17) is 4.74 Å². The number of piperidine rings is 2. The van der Waals surface area contributed by atoms with E-state index in [-0.39, 0.29) is 11.9 Å². The fourth-order valence-electron chi connectivity index (χ4n) is 5.37. The molecule has 0 aromatic heterocycles. The summed E-state index contributed by atoms with van der Waals surface area (Å²) >= 11 is 0. The minimum absolute atomic E-state index is 0.0104. The van der Waals surface area contributed by atoms with Crippen LogP contribution in [0.25, 0.3) is 0 Å². The van der Waals surface area contributed by atoms with Gasteiger partial charge in [0.25, 0.3) is 0 Å². The minimum atomic E-state index is -0.0104. The summed E-state index contributed by atoms with van der Waals surface area (Å²) in [7, 11) is 0. The quantitative estimate of drug-likeness (QED) is 0.560. The Morgan fingerprint density at radius 3 is 2.62 bits per heavy atom. The van der Waals surface area contributed by atoms with Crippen LogP contribution in [-0.2, 0) is 0 Å². The lowest BCUT2D eigenvalue weighted by Crippen LogP contribution is -2.51. The van der Waals surface area contributed by atoms with Crippen molar-refractivity contribution in [1.82, 2.24) is 10.2 Å². The maximum absolute atomic E-state index is 12.1. The van der Waals surface area contributed by atoms with Gasteiger partial charge >= 0.3 is 0 Å². The predicted octanol–water partition coefficient (Wildman–Crippen LogP) is 3.71. The third-order valence-electron chi connectivity index (χ3n) is 7.29. The molecule has 2 aliphatic heterocycles. The molecule has 5 nitrogen and oxygen atoms in total. The van der Waals surface area contributed by atoms with Gasteiger partial charge in [0.15, 0.2) is 12.1 Å². The van der Waals surface area contributed by atoms with Crippen molar-refractivity contribution in [2.75, 3.05) is 32.7 Å². The molecule has 0 bridgehead atoms. The van der Waals surface area contributed by atoms with Gasteiger partial charge in [0.2, 0.25) is 0 Å². The molecule has 1 N–H and O–H groups in total. The summed E-state index contributed by atoms with van der Waals surface area (Å²) in [6, 6.07) is 5.28. The van der Waals surface area contributed by atoms with Crippen LogP contribution >= 0.6 is 0 Å². The molecule has 2 saturated heterocycles. The van der Waals surface area contributed by atoms with E-state index in [0.717, 1.165) is 30.8 Å². The molecule has 1 spiro atoms. The number of benzene rings is 1. The molecule has 4 rings (SSSR count). The zero-order valence-corrected chi connectivity index (χ0v) is 17.6. The Kier molecular flexibility index (Phi) is 6.35. The van der Waals surface area contributed by atoms with E-state index < -0.39 is 0 Å². The van der Waals surface area contributed by atoms with Gasteiger partial charge in [0.05, 0.1) is 6.10 Å². The molecule has 0 unspecified atom stereocenters. The molecular formula is C24H34N2O3. The fourth-order valence-corrected chi connectivity index (χ4v) is 5.37. The molecule has 3 fully saturated rings. The maximum Gasteiger partial charge on any atom is 0.163 e. The zero-order valence-electron chi connectivity index (χ0n) is 17.6. The van der Waals surface area contributed by atoms with Gasteiger partial charge in [-0.05, 0) is 94.2 Å². The van der Waals surface area contributed by atoms with Crippen molar-refractivity contribution < 1.29 is 14.3 Å². The van der Waals surface area contributed by atoms with Crippen molar-refractivity contribution >= 4 is 12.1 Å². The van der Waals surface area contributed by atoms with Gasteiger partial charge in [-0.25, -0.2) is 0 Å². The molecule has 2 heterocycles. The Balaban J connectivity index is 1.26. The number of hydrogen-bond donors (Lipinski definition) is 1. The van der Waals surface area contributed by atoms with Crippen LogP contribution in [-0.4, -0.2) is 55.8 Å². The minimum Gasteiger partial charge on any atom is -0.490 e. The topological polar surface area (TPSA) is 58.6 Å². The molecule has 29 heavy (non-hydrogen) atoms. The zero-order chi connectivity index (χ0) is 20.3. The first kappa shape index (κ1) is 20.5. The second kappa shape index (κ2) is 8.97. The van der Waals surface area contributed by atoms with E-state index in [0.29, 0.717) is 23.0 Å². The number of carbonyl (C=O) groups is 2. The standard InChI is InChI=1S/C24H34N2O3/c1-2-23(28)22-13-20(4-3-19(22)17-27)29-21-14-24(15-21)7-11-26(12-8-24)16-18-5-9-25-10-6-18/h3-4,13,17-18,21,25H,2,5-12,14-16H2,1H3. The van der Waals surface area contributed by atoms with Crippen LogP contribution in [0.3, 0.4) is 0 Å². The lowest BCUT2D eigenvalue weighted by atomic mass is 9.61. The summed E-state index contributed by atoms with van der Waals surface area (Å²) in [5.41, 5.74) is 1.40. The summed E-state index contributed by atoms with van der Waals surface area (Å²) in [5.74, 6) is 1.58. The van der Waals surface area contributed by atoms with Gasteiger partial charge in [-0.15, -0.1) is 0 Å². The van der Waals surface area contributed by atoms with Crippen LogP contribution in [0.1, 0.15) is 72.6 Å². The molecular weight excluding hydrogens is 364 g/mol. The van der Waals surface area contributed by atoms with Crippen LogP contribution in [0.4, 0.5) is 0 Å². The Hall–Kier alpha value is -1.72. The van der Waals surface area contributed by atoms with E-state index in [9.17, 15) is 9.59 Å². The van der Waals surface area contributed by atoms with Crippen LogP contribution in [0, 0.1) is 11.3 Å². The molecule has 1 aliphatic carbocycles. The first-order valence-corrected chi connectivity index (χ1v) is 11.3. The predicted molar refractivity (Wildman–Crippen MR) is 114 cm³/mol. The van der Waals surface area contributed by atoms with Crippen molar-refractivity contribution in [3.8, 4) is 5.75 Å². The van der Waals surface area contributed by atoms with E-state index in [2.05, 4.69) is 10.2 Å². The summed E-state index contributed by atoms with van der Waals surface area (Å²) in [4.78, 5) is 26.0. The van der Waals surface area contributed by atoms with Crippen LogP contribution < -0.4 is 10.1 Å². The number of nitrogens with zero attached hydrogens (tertiary/aromatic N) is 1. The Bertz CT molecular complexity index is 726. The molecule has 1 aromatic carbocycles. The van der Waals surface area contributed by atoms with Gasteiger partial charge in [-0.3, -0.25) is 9.59 Å². The lowest BCUT2D eigenvalue weighted by molar-refractivity contribution is -0.0574. The van der Waals surface area contributed by atoms with E-state index in [1.54, 1.807) is 12.1 Å². The Morgan fingerprint density at radius 1 is 1.24 bits per heavy atom. The molecule has 158 valence electrons. The number of aldehydes is 1. The number of hydrogen-bond acceptors (Lipinski definition) is 5. The van der Waals surface area contributed by atoms with E-state index in [1.165, 1.54) is 58.4 Å². The molecule has 3 aliphatic rings. The largest absolute Gasteiger partial charge is 0.490 e. The van der Waals surface area contributed by atoms with Gasteiger partial charge in [-0.2, -0.15) is 0 Å². The van der Waals surface area contributed by atoms with Gasteiger partial charge in [0.1, 0.15) is 5.75 Å². The lowest BCUT2D eigenvalue weighted by Gasteiger charge is -2.52. The highest BCUT2D eigenvalue weighted by Crippen LogP contribution is 2.50. The highest BCUT2D eigenvalue weighted by Gasteiger charge is 2.47. The van der Waals surface area contributed by atoms with Crippen molar-refractivity contribution in [1.29, 1.82) is 0 Å². The molecule has 0 radical (unpaired) electrons. The fraction of sp³-hybridized carbons (Fsp3) is 0.667. The van der Waals surface area contributed by atoms with Crippen LogP contribution in [0.5, 0.6) is 5.75 Å². The van der Waals surface area contributed by atoms with Crippen molar-refractivity contribution in [3.63, 3.8) is 0 Å². The second-order valence-corrected chi connectivity index (χ2v) is 9.29. The van der Waals surface area contributed by atoms with Crippen molar-refractivity contribution in [2.45, 2.75) is 58.0 Å². The van der Waals surface area contributed by atoms with Crippen molar-refractivity contribution in [2.24, 2.45) is 11.3 Å². The number of Topliss-reactive ketones (excluding diaryl/α,β-unsaturated/α-hetero) is 1. The summed E-state index contributed by atoms with van der Waals surface area (Å²) in [6.45, 7) is 7.90. The monoisotopic (exact) mass is 398 g/mol. The smallest absolute Gasteiger partial charge is 0.163 e. The number of likely N-dealkylation sites (tertiary alicyclic amines) is 1. The number of ketones is 1. The third-order valence-corrected chi connectivity index (χ3v) is 7.29. The molecule has 1 aromatic rings. The normalized spacial score (nSPS) is 22.9. The number of carbonyl (C=O) groups excluding carboxylic acids is 2. The van der Waals surface area contributed by atoms with Gasteiger partial charge in [0, 0.05) is 24.1 Å². The third kappa shape index (κ3) is 4.72. The Morgan fingerprint density at radius 2 is 1.97 bits per heavy atom. The van der Waals surface area contributed by atoms with Crippen molar-refractivity contribution in [3.05, 3.63) is 29.3 Å². The number of ether oxygens (including phenoxy) is 1. The maximum atomic E-state index is 12.1. The summed E-state index contributed by atoms with van der Waals surface area (Å²) in [5, 5.41) is 3.46. The summed E-state index contributed by atoms with van der Waals surface area (Å²) in [6.07, 6.45) is 8.81. The average Bonchev–Trinajstić information content (AvgIpc) is 2.74. The molecule has 5 heteroatoms. The van der Waals surface area contributed by atoms with Gasteiger partial charge < -0.3 is 15.0 Å². The highest BCUT2D eigenvalue weighted by molar-refractivity contribution is 6.02.